The quantitative estimate of drug-likeness (QED) is 0.457. The van der Waals surface area contributed by atoms with Gasteiger partial charge in [-0.3, -0.25) is 4.79 Å². The standard InChI is InChI=1S/C19H15ClF3N3O4S/c1-28-13-5-2-11(3-6-13)17-25-26-18(30-17)31-9-16(27)24-14-8-12(20)4-7-15(14)29-10-19(21,22)23/h2-8H,9-10H2,1H3,(H,24,27). The summed E-state index contributed by atoms with van der Waals surface area (Å²) >= 11 is 6.84. The fourth-order valence-electron chi connectivity index (χ4n) is 2.32. The first-order valence-electron chi connectivity index (χ1n) is 8.63. The van der Waals surface area contributed by atoms with Gasteiger partial charge in [-0.2, -0.15) is 13.2 Å². The first kappa shape index (κ1) is 22.8. The average molecular weight is 474 g/mol. The zero-order valence-electron chi connectivity index (χ0n) is 15.9. The molecule has 1 aromatic heterocycles. The molecule has 0 atom stereocenters. The Hall–Kier alpha value is -2.92. The topological polar surface area (TPSA) is 86.5 Å². The van der Waals surface area contributed by atoms with Crippen LogP contribution in [-0.2, 0) is 4.79 Å². The Balaban J connectivity index is 1.59. The van der Waals surface area contributed by atoms with Crippen LogP contribution in [0.4, 0.5) is 18.9 Å². The van der Waals surface area contributed by atoms with Crippen LogP contribution < -0.4 is 14.8 Å². The fraction of sp³-hybridized carbons (Fsp3) is 0.211. The summed E-state index contributed by atoms with van der Waals surface area (Å²) in [5.41, 5.74) is 0.696. The van der Waals surface area contributed by atoms with Gasteiger partial charge in [0.05, 0.1) is 18.6 Å². The molecule has 1 amide bonds. The number of benzene rings is 2. The van der Waals surface area contributed by atoms with E-state index in [9.17, 15) is 18.0 Å². The van der Waals surface area contributed by atoms with Crippen LogP contribution in [0.25, 0.3) is 11.5 Å². The number of halogens is 4. The molecule has 1 N–H and O–H groups in total. The molecule has 164 valence electrons. The highest BCUT2D eigenvalue weighted by Crippen LogP contribution is 2.30. The van der Waals surface area contributed by atoms with E-state index in [0.29, 0.717) is 11.3 Å². The maximum Gasteiger partial charge on any atom is 0.422 e. The summed E-state index contributed by atoms with van der Waals surface area (Å²) in [6.07, 6.45) is -4.52. The van der Waals surface area contributed by atoms with Gasteiger partial charge in [0, 0.05) is 10.6 Å². The van der Waals surface area contributed by atoms with E-state index in [0.717, 1.165) is 11.8 Å². The Labute approximate surface area is 183 Å². The number of carbonyl (C=O) groups excluding carboxylic acids is 1. The van der Waals surface area contributed by atoms with Crippen LogP contribution in [0.2, 0.25) is 5.02 Å². The largest absolute Gasteiger partial charge is 0.497 e. The van der Waals surface area contributed by atoms with Gasteiger partial charge in [0.25, 0.3) is 5.22 Å². The Morgan fingerprint density at radius 3 is 2.61 bits per heavy atom. The molecule has 2 aromatic carbocycles. The lowest BCUT2D eigenvalue weighted by Crippen LogP contribution is -2.20. The summed E-state index contributed by atoms with van der Waals surface area (Å²) in [5, 5.41) is 10.6. The normalized spacial score (nSPS) is 11.3. The minimum absolute atomic E-state index is 0.0202. The fourth-order valence-corrected chi connectivity index (χ4v) is 3.05. The number of hydrogen-bond acceptors (Lipinski definition) is 7. The van der Waals surface area contributed by atoms with Gasteiger partial charge in [-0.1, -0.05) is 23.4 Å². The summed E-state index contributed by atoms with van der Waals surface area (Å²) in [5.74, 6) is 0.139. The van der Waals surface area contributed by atoms with E-state index in [1.54, 1.807) is 31.4 Å². The third-order valence-corrected chi connectivity index (χ3v) is 4.73. The van der Waals surface area contributed by atoms with Crippen LogP contribution in [0.1, 0.15) is 0 Å². The van der Waals surface area contributed by atoms with Gasteiger partial charge < -0.3 is 19.2 Å². The molecular formula is C19H15ClF3N3O4S. The van der Waals surface area contributed by atoms with Crippen LogP contribution in [-0.4, -0.2) is 41.8 Å². The minimum Gasteiger partial charge on any atom is -0.497 e. The van der Waals surface area contributed by atoms with Crippen molar-refractivity contribution >= 4 is 35.0 Å². The summed E-state index contributed by atoms with van der Waals surface area (Å²) in [7, 11) is 1.55. The molecule has 0 saturated heterocycles. The van der Waals surface area contributed by atoms with Gasteiger partial charge in [0.2, 0.25) is 11.8 Å². The molecule has 12 heteroatoms. The van der Waals surface area contributed by atoms with Gasteiger partial charge in [-0.25, -0.2) is 0 Å². The third-order valence-electron chi connectivity index (χ3n) is 3.68. The lowest BCUT2D eigenvalue weighted by molar-refractivity contribution is -0.153. The Morgan fingerprint density at radius 2 is 1.94 bits per heavy atom. The van der Waals surface area contributed by atoms with Crippen LogP contribution in [0.3, 0.4) is 0 Å². The van der Waals surface area contributed by atoms with E-state index in [4.69, 9.17) is 25.5 Å². The average Bonchev–Trinajstić information content (AvgIpc) is 3.20. The molecule has 0 fully saturated rings. The molecule has 0 aliphatic rings. The number of carbonyl (C=O) groups is 1. The molecule has 0 radical (unpaired) electrons. The minimum atomic E-state index is -4.52. The van der Waals surface area contributed by atoms with Gasteiger partial charge >= 0.3 is 6.18 Å². The number of alkyl halides is 3. The first-order chi connectivity index (χ1) is 14.7. The van der Waals surface area contributed by atoms with Crippen molar-refractivity contribution in [2.24, 2.45) is 0 Å². The highest BCUT2D eigenvalue weighted by atomic mass is 35.5. The highest BCUT2D eigenvalue weighted by Gasteiger charge is 2.29. The summed E-state index contributed by atoms with van der Waals surface area (Å²) in [6, 6.07) is 10.9. The molecule has 3 rings (SSSR count). The van der Waals surface area contributed by atoms with Crippen molar-refractivity contribution in [2.75, 3.05) is 24.8 Å². The SMILES string of the molecule is COc1ccc(-c2nnc(SCC(=O)Nc3cc(Cl)ccc3OCC(F)(F)F)o2)cc1. The molecule has 1 heterocycles. The molecule has 0 aliphatic carbocycles. The number of hydrogen-bond donors (Lipinski definition) is 1. The molecule has 31 heavy (non-hydrogen) atoms. The van der Waals surface area contributed by atoms with Crippen molar-refractivity contribution in [3.8, 4) is 23.0 Å². The number of ether oxygens (including phenoxy) is 2. The Kier molecular flexibility index (Phi) is 7.29. The Morgan fingerprint density at radius 1 is 1.19 bits per heavy atom. The predicted octanol–water partition coefficient (Wildman–Crippen LogP) is 5.07. The van der Waals surface area contributed by atoms with Crippen molar-refractivity contribution < 1.29 is 31.9 Å². The molecular weight excluding hydrogens is 459 g/mol. The molecule has 0 spiro atoms. The van der Waals surface area contributed by atoms with Crippen molar-refractivity contribution in [3.05, 3.63) is 47.5 Å². The Bertz CT molecular complexity index is 1040. The van der Waals surface area contributed by atoms with Gasteiger partial charge in [0.15, 0.2) is 6.61 Å². The predicted molar refractivity (Wildman–Crippen MR) is 109 cm³/mol. The second-order valence-electron chi connectivity index (χ2n) is 5.98. The van der Waals surface area contributed by atoms with Crippen molar-refractivity contribution in [1.82, 2.24) is 10.2 Å². The number of amides is 1. The number of nitrogens with one attached hydrogen (secondary N) is 1. The van der Waals surface area contributed by atoms with E-state index >= 15 is 0 Å². The summed E-state index contributed by atoms with van der Waals surface area (Å²) in [4.78, 5) is 12.2. The van der Waals surface area contributed by atoms with E-state index in [2.05, 4.69) is 15.5 Å². The van der Waals surface area contributed by atoms with Crippen molar-refractivity contribution in [1.29, 1.82) is 0 Å². The number of methoxy groups -OCH3 is 1. The molecule has 3 aromatic rings. The van der Waals surface area contributed by atoms with E-state index in [-0.39, 0.29) is 33.3 Å². The van der Waals surface area contributed by atoms with Crippen LogP contribution in [0, 0.1) is 0 Å². The molecule has 7 nitrogen and oxygen atoms in total. The van der Waals surface area contributed by atoms with Crippen LogP contribution in [0.5, 0.6) is 11.5 Å². The lowest BCUT2D eigenvalue weighted by Gasteiger charge is -2.14. The maximum absolute atomic E-state index is 12.4. The van der Waals surface area contributed by atoms with Crippen molar-refractivity contribution in [2.45, 2.75) is 11.4 Å². The lowest BCUT2D eigenvalue weighted by atomic mass is 10.2. The molecule has 0 aliphatic heterocycles. The molecule has 0 saturated carbocycles. The molecule has 0 unspecified atom stereocenters. The third kappa shape index (κ3) is 6.79. The number of thioether (sulfide) groups is 1. The van der Waals surface area contributed by atoms with Gasteiger partial charge in [0.1, 0.15) is 11.5 Å². The smallest absolute Gasteiger partial charge is 0.422 e. The van der Waals surface area contributed by atoms with Crippen LogP contribution >= 0.6 is 23.4 Å². The second kappa shape index (κ2) is 9.92. The number of nitrogens with zero attached hydrogens (tertiary/aromatic N) is 2. The summed E-state index contributed by atoms with van der Waals surface area (Å²) in [6.45, 7) is -1.50. The first-order valence-corrected chi connectivity index (χ1v) is 9.99. The second-order valence-corrected chi connectivity index (χ2v) is 7.35. The monoisotopic (exact) mass is 473 g/mol. The molecule has 0 bridgehead atoms. The van der Waals surface area contributed by atoms with E-state index < -0.39 is 18.7 Å². The maximum atomic E-state index is 12.4. The number of aromatic nitrogens is 2. The summed E-state index contributed by atoms with van der Waals surface area (Å²) < 4.78 is 52.6. The van der Waals surface area contributed by atoms with Gasteiger partial charge in [-0.05, 0) is 42.5 Å². The van der Waals surface area contributed by atoms with Crippen molar-refractivity contribution in [3.63, 3.8) is 0 Å². The van der Waals surface area contributed by atoms with E-state index in [1.165, 1.54) is 18.2 Å². The zero-order valence-corrected chi connectivity index (χ0v) is 17.5. The van der Waals surface area contributed by atoms with Crippen LogP contribution in [0.15, 0.2) is 52.1 Å². The number of rotatable bonds is 8. The zero-order chi connectivity index (χ0) is 22.4. The number of anilines is 1. The van der Waals surface area contributed by atoms with Gasteiger partial charge in [-0.15, -0.1) is 10.2 Å². The highest BCUT2D eigenvalue weighted by molar-refractivity contribution is 7.99. The van der Waals surface area contributed by atoms with E-state index in [1.807, 2.05) is 0 Å².